The van der Waals surface area contributed by atoms with Gasteiger partial charge in [-0.3, -0.25) is 0 Å². The van der Waals surface area contributed by atoms with Gasteiger partial charge in [0.2, 0.25) is 0 Å². The zero-order chi connectivity index (χ0) is 14.6. The lowest BCUT2D eigenvalue weighted by molar-refractivity contribution is 0.548. The molecule has 0 atom stereocenters. The lowest BCUT2D eigenvalue weighted by atomic mass is 9.77. The standard InChI is InChI=1S/C17H17Br2Cl/c1-13-5-2-3-8-16(13)17(11-18,12-19)10-14-6-4-7-15(20)9-14/h2-9H,10-12H2,1H3. The molecule has 0 spiro atoms. The molecule has 0 aliphatic heterocycles. The third-order valence-electron chi connectivity index (χ3n) is 3.66. The molecule has 0 aliphatic rings. The molecule has 3 heteroatoms. The van der Waals surface area contributed by atoms with E-state index in [4.69, 9.17) is 11.6 Å². The Kier molecular flexibility index (Phi) is 5.71. The maximum absolute atomic E-state index is 6.11. The summed E-state index contributed by atoms with van der Waals surface area (Å²) in [5.41, 5.74) is 4.01. The molecule has 2 aromatic carbocycles. The predicted molar refractivity (Wildman–Crippen MR) is 95.6 cm³/mol. The van der Waals surface area contributed by atoms with Crippen LogP contribution in [0.15, 0.2) is 48.5 Å². The predicted octanol–water partition coefficient (Wildman–Crippen LogP) is 5.92. The van der Waals surface area contributed by atoms with Crippen LogP contribution in [-0.2, 0) is 11.8 Å². The van der Waals surface area contributed by atoms with Gasteiger partial charge in [0.05, 0.1) is 0 Å². The Morgan fingerprint density at radius 2 is 1.70 bits per heavy atom. The molecule has 0 amide bonds. The zero-order valence-corrected chi connectivity index (χ0v) is 15.3. The van der Waals surface area contributed by atoms with E-state index in [-0.39, 0.29) is 5.41 Å². The molecule has 2 rings (SSSR count). The Bertz CT molecular complexity index is 577. The lowest BCUT2D eigenvalue weighted by Crippen LogP contribution is -2.33. The van der Waals surface area contributed by atoms with Crippen molar-refractivity contribution in [3.63, 3.8) is 0 Å². The number of halogens is 3. The van der Waals surface area contributed by atoms with Crippen LogP contribution in [0.4, 0.5) is 0 Å². The van der Waals surface area contributed by atoms with Crippen molar-refractivity contribution in [2.45, 2.75) is 18.8 Å². The van der Waals surface area contributed by atoms with Gasteiger partial charge in [-0.1, -0.05) is 79.9 Å². The molecule has 0 saturated heterocycles. The van der Waals surface area contributed by atoms with Crippen molar-refractivity contribution < 1.29 is 0 Å². The summed E-state index contributed by atoms with van der Waals surface area (Å²) in [5, 5.41) is 2.61. The Labute approximate surface area is 142 Å². The highest BCUT2D eigenvalue weighted by atomic mass is 79.9. The molecular formula is C17H17Br2Cl. The van der Waals surface area contributed by atoms with E-state index in [1.807, 2.05) is 12.1 Å². The van der Waals surface area contributed by atoms with Gasteiger partial charge in [0.25, 0.3) is 0 Å². The Morgan fingerprint density at radius 1 is 1.00 bits per heavy atom. The Hall–Kier alpha value is -0.310. The largest absolute Gasteiger partial charge is 0.0918 e. The second kappa shape index (κ2) is 7.11. The van der Waals surface area contributed by atoms with Gasteiger partial charge < -0.3 is 0 Å². The first-order valence-corrected chi connectivity index (χ1v) is 9.16. The Morgan fingerprint density at radius 3 is 2.30 bits per heavy atom. The first-order valence-electron chi connectivity index (χ1n) is 6.54. The molecule has 2 aromatic rings. The molecule has 0 aliphatic carbocycles. The first-order chi connectivity index (χ1) is 9.61. The first kappa shape index (κ1) is 16.1. The van der Waals surface area contributed by atoms with Crippen LogP contribution in [-0.4, -0.2) is 10.7 Å². The molecule has 0 nitrogen and oxygen atoms in total. The van der Waals surface area contributed by atoms with Crippen molar-refractivity contribution in [1.82, 2.24) is 0 Å². The van der Waals surface area contributed by atoms with Gasteiger partial charge in [0.15, 0.2) is 0 Å². The van der Waals surface area contributed by atoms with E-state index >= 15 is 0 Å². The molecule has 20 heavy (non-hydrogen) atoms. The van der Waals surface area contributed by atoms with Crippen molar-refractivity contribution in [2.24, 2.45) is 0 Å². The number of benzene rings is 2. The second-order valence-electron chi connectivity index (χ2n) is 5.17. The number of alkyl halides is 2. The highest BCUT2D eigenvalue weighted by molar-refractivity contribution is 9.09. The molecule has 0 unspecified atom stereocenters. The molecule has 0 fully saturated rings. The molecule has 106 valence electrons. The van der Waals surface area contributed by atoms with Crippen LogP contribution in [0.5, 0.6) is 0 Å². The van der Waals surface area contributed by atoms with Crippen LogP contribution in [0.1, 0.15) is 16.7 Å². The van der Waals surface area contributed by atoms with Crippen LogP contribution in [0.2, 0.25) is 5.02 Å². The van der Waals surface area contributed by atoms with Crippen molar-refractivity contribution >= 4 is 43.5 Å². The van der Waals surface area contributed by atoms with Gasteiger partial charge in [-0.25, -0.2) is 0 Å². The fourth-order valence-corrected chi connectivity index (χ4v) is 4.72. The molecule has 0 saturated carbocycles. The molecule has 0 heterocycles. The van der Waals surface area contributed by atoms with Gasteiger partial charge in [-0.2, -0.15) is 0 Å². The lowest BCUT2D eigenvalue weighted by Gasteiger charge is -2.32. The van der Waals surface area contributed by atoms with Crippen LogP contribution < -0.4 is 0 Å². The summed E-state index contributed by atoms with van der Waals surface area (Å²) >= 11 is 13.5. The number of hydrogen-bond acceptors (Lipinski definition) is 0. The smallest absolute Gasteiger partial charge is 0.0408 e. The van der Waals surface area contributed by atoms with Gasteiger partial charge in [-0.15, -0.1) is 0 Å². The topological polar surface area (TPSA) is 0 Å². The number of rotatable bonds is 5. The summed E-state index contributed by atoms with van der Waals surface area (Å²) in [4.78, 5) is 0. The maximum Gasteiger partial charge on any atom is 0.0408 e. The van der Waals surface area contributed by atoms with Crippen molar-refractivity contribution in [1.29, 1.82) is 0 Å². The van der Waals surface area contributed by atoms with E-state index in [1.165, 1.54) is 16.7 Å². The molecule has 0 aromatic heterocycles. The van der Waals surface area contributed by atoms with Gasteiger partial charge in [0, 0.05) is 21.1 Å². The Balaban J connectivity index is 2.42. The minimum absolute atomic E-state index is 0.0377. The van der Waals surface area contributed by atoms with Crippen LogP contribution >= 0.6 is 43.5 Å². The highest BCUT2D eigenvalue weighted by Gasteiger charge is 2.31. The highest BCUT2D eigenvalue weighted by Crippen LogP contribution is 2.35. The van der Waals surface area contributed by atoms with Crippen LogP contribution in [0, 0.1) is 6.92 Å². The average Bonchev–Trinajstić information content (AvgIpc) is 2.46. The fourth-order valence-electron chi connectivity index (χ4n) is 2.57. The maximum atomic E-state index is 6.11. The second-order valence-corrected chi connectivity index (χ2v) is 6.73. The minimum atomic E-state index is 0.0377. The van der Waals surface area contributed by atoms with E-state index in [0.717, 1.165) is 22.1 Å². The van der Waals surface area contributed by atoms with Crippen LogP contribution in [0.25, 0.3) is 0 Å². The van der Waals surface area contributed by atoms with Crippen LogP contribution in [0.3, 0.4) is 0 Å². The van der Waals surface area contributed by atoms with E-state index in [9.17, 15) is 0 Å². The van der Waals surface area contributed by atoms with Crippen molar-refractivity contribution in [3.8, 4) is 0 Å². The quantitative estimate of drug-likeness (QED) is 0.531. The number of hydrogen-bond donors (Lipinski definition) is 0. The van der Waals surface area contributed by atoms with Crippen molar-refractivity contribution in [3.05, 3.63) is 70.2 Å². The average molecular weight is 417 g/mol. The summed E-state index contributed by atoms with van der Waals surface area (Å²) in [6.45, 7) is 2.17. The van der Waals surface area contributed by atoms with E-state index < -0.39 is 0 Å². The third kappa shape index (κ3) is 3.47. The summed E-state index contributed by atoms with van der Waals surface area (Å²) < 4.78 is 0. The SMILES string of the molecule is Cc1ccccc1C(CBr)(CBr)Cc1cccc(Cl)c1. The van der Waals surface area contributed by atoms with Gasteiger partial charge in [-0.05, 0) is 42.2 Å². The normalized spacial score (nSPS) is 11.6. The zero-order valence-electron chi connectivity index (χ0n) is 11.4. The summed E-state index contributed by atoms with van der Waals surface area (Å²) in [7, 11) is 0. The monoisotopic (exact) mass is 414 g/mol. The van der Waals surface area contributed by atoms with Crippen molar-refractivity contribution in [2.75, 3.05) is 10.7 Å². The van der Waals surface area contributed by atoms with Gasteiger partial charge >= 0.3 is 0 Å². The fraction of sp³-hybridized carbons (Fsp3) is 0.294. The molecule has 0 N–H and O–H groups in total. The minimum Gasteiger partial charge on any atom is -0.0918 e. The molecule has 0 radical (unpaired) electrons. The van der Waals surface area contributed by atoms with E-state index in [0.29, 0.717) is 0 Å². The third-order valence-corrected chi connectivity index (χ3v) is 6.04. The molecule has 0 bridgehead atoms. The summed E-state index contributed by atoms with van der Waals surface area (Å²) in [6.07, 6.45) is 0.953. The van der Waals surface area contributed by atoms with E-state index in [1.54, 1.807) is 0 Å². The molecular weight excluding hydrogens is 399 g/mol. The van der Waals surface area contributed by atoms with E-state index in [2.05, 4.69) is 75.2 Å². The summed E-state index contributed by atoms with van der Waals surface area (Å²) in [6, 6.07) is 16.7. The van der Waals surface area contributed by atoms with Gasteiger partial charge in [0.1, 0.15) is 0 Å². The number of aryl methyl sites for hydroxylation is 1. The summed E-state index contributed by atoms with van der Waals surface area (Å²) in [5.74, 6) is 0.